The Morgan fingerprint density at radius 2 is 0.727 bits per heavy atom. The van der Waals surface area contributed by atoms with E-state index in [2.05, 4.69) is 0 Å². The van der Waals surface area contributed by atoms with E-state index in [1.54, 1.807) is 27.7 Å². The number of carbonyl (C=O) groups is 4. The zero-order chi connectivity index (χ0) is 32.2. The third-order valence-electron chi connectivity index (χ3n) is 6.55. The Balaban J connectivity index is 2.08. The first kappa shape index (κ1) is 35.9. The summed E-state index contributed by atoms with van der Waals surface area (Å²) in [5.41, 5.74) is 3.76. The van der Waals surface area contributed by atoms with Crippen LogP contribution in [0.4, 0.5) is 11.4 Å². The van der Waals surface area contributed by atoms with Gasteiger partial charge >= 0.3 is 23.9 Å². The minimum atomic E-state index is -0.277. The summed E-state index contributed by atoms with van der Waals surface area (Å²) in [6.45, 7) is 10.1. The summed E-state index contributed by atoms with van der Waals surface area (Å²) in [7, 11) is 0. The van der Waals surface area contributed by atoms with Crippen molar-refractivity contribution in [3.05, 3.63) is 59.7 Å². The van der Waals surface area contributed by atoms with Crippen LogP contribution in [0, 0.1) is 0 Å². The van der Waals surface area contributed by atoms with Gasteiger partial charge in [0.1, 0.15) is 0 Å². The van der Waals surface area contributed by atoms with Crippen molar-refractivity contribution >= 4 is 47.4 Å². The maximum Gasteiger partial charge on any atom is 0.307 e. The van der Waals surface area contributed by atoms with Crippen LogP contribution in [-0.4, -0.2) is 76.5 Å². The molecule has 0 aliphatic heterocycles. The van der Waals surface area contributed by atoms with Crippen LogP contribution in [0.1, 0.15) is 64.5 Å². The minimum Gasteiger partial charge on any atom is -0.466 e. The van der Waals surface area contributed by atoms with Crippen molar-refractivity contribution < 1.29 is 38.1 Å². The Labute approximate surface area is 260 Å². The molecule has 0 heterocycles. The summed E-state index contributed by atoms with van der Waals surface area (Å²) in [5, 5.41) is 0. The summed E-state index contributed by atoms with van der Waals surface area (Å²) >= 11 is 0. The molecular weight excluding hydrogens is 564 g/mol. The van der Waals surface area contributed by atoms with Crippen molar-refractivity contribution in [1.29, 1.82) is 0 Å². The predicted octanol–water partition coefficient (Wildman–Crippen LogP) is 5.28. The standard InChI is InChI=1S/C34H46N2O8/c1-5-41-31(37)19-23-35(24-20-32(38)42-6-2)29-15-11-27(12-16-29)9-10-28-13-17-30(18-14-28)36(25-21-33(39)43-7-3)26-22-34(40)44-8-4/h9-18H,5-8,19-26H2,1-4H3/b10-9+. The van der Waals surface area contributed by atoms with Crippen LogP contribution in [0.15, 0.2) is 48.5 Å². The minimum absolute atomic E-state index is 0.220. The van der Waals surface area contributed by atoms with Gasteiger partial charge in [0.25, 0.3) is 0 Å². The lowest BCUT2D eigenvalue weighted by atomic mass is 10.1. The van der Waals surface area contributed by atoms with Crippen LogP contribution in [-0.2, 0) is 38.1 Å². The number of benzene rings is 2. The average molecular weight is 611 g/mol. The number of anilines is 2. The number of ether oxygens (including phenoxy) is 4. The first-order valence-corrected chi connectivity index (χ1v) is 15.3. The third-order valence-corrected chi connectivity index (χ3v) is 6.55. The van der Waals surface area contributed by atoms with Gasteiger partial charge in [-0.05, 0) is 63.1 Å². The maximum atomic E-state index is 11.9. The summed E-state index contributed by atoms with van der Waals surface area (Å²) < 4.78 is 20.2. The third kappa shape index (κ3) is 13.8. The molecule has 44 heavy (non-hydrogen) atoms. The summed E-state index contributed by atoms with van der Waals surface area (Å²) in [6, 6.07) is 15.8. The van der Waals surface area contributed by atoms with E-state index < -0.39 is 0 Å². The highest BCUT2D eigenvalue weighted by Gasteiger charge is 2.14. The molecular formula is C34H46N2O8. The molecule has 0 amide bonds. The zero-order valence-electron chi connectivity index (χ0n) is 26.4. The Hall–Kier alpha value is -4.34. The number of carbonyl (C=O) groups excluding carboxylic acids is 4. The Bertz CT molecular complexity index is 1060. The molecule has 0 aliphatic carbocycles. The Morgan fingerprint density at radius 1 is 0.477 bits per heavy atom. The SMILES string of the molecule is CCOC(=O)CCN(CCC(=O)OCC)c1ccc(/C=C/c2ccc(N(CCC(=O)OCC)CCC(=O)OCC)cc2)cc1. The van der Waals surface area contributed by atoms with Gasteiger partial charge in [-0.25, -0.2) is 0 Å². The number of rotatable bonds is 20. The average Bonchev–Trinajstić information content (AvgIpc) is 3.01. The predicted molar refractivity (Wildman–Crippen MR) is 171 cm³/mol. The Kier molecular flexibility index (Phi) is 16.7. The second-order valence-corrected chi connectivity index (χ2v) is 9.71. The monoisotopic (exact) mass is 610 g/mol. The molecule has 0 aromatic heterocycles. The van der Waals surface area contributed by atoms with Crippen LogP contribution in [0.25, 0.3) is 12.2 Å². The van der Waals surface area contributed by atoms with E-state index in [0.717, 1.165) is 22.5 Å². The van der Waals surface area contributed by atoms with Crippen LogP contribution < -0.4 is 9.80 Å². The molecule has 240 valence electrons. The number of nitrogens with zero attached hydrogens (tertiary/aromatic N) is 2. The fraction of sp³-hybridized carbons (Fsp3) is 0.471. The fourth-order valence-electron chi connectivity index (χ4n) is 4.36. The summed E-state index contributed by atoms with van der Waals surface area (Å²) in [5.74, 6) is -1.11. The topological polar surface area (TPSA) is 112 Å². The van der Waals surface area contributed by atoms with Crippen molar-refractivity contribution in [1.82, 2.24) is 0 Å². The molecule has 0 fully saturated rings. The van der Waals surface area contributed by atoms with E-state index in [1.165, 1.54) is 0 Å². The zero-order valence-corrected chi connectivity index (χ0v) is 26.4. The first-order valence-electron chi connectivity index (χ1n) is 15.3. The van der Waals surface area contributed by atoms with Crippen molar-refractivity contribution in [2.24, 2.45) is 0 Å². The molecule has 0 N–H and O–H groups in total. The molecule has 10 nitrogen and oxygen atoms in total. The van der Waals surface area contributed by atoms with Crippen LogP contribution in [0.2, 0.25) is 0 Å². The van der Waals surface area contributed by atoms with Crippen LogP contribution in [0.5, 0.6) is 0 Å². The molecule has 0 aliphatic rings. The quantitative estimate of drug-likeness (QED) is 0.111. The van der Waals surface area contributed by atoms with Crippen molar-refractivity contribution in [2.75, 3.05) is 62.4 Å². The molecule has 0 saturated carbocycles. The van der Waals surface area contributed by atoms with Gasteiger partial charge in [-0.1, -0.05) is 36.4 Å². The molecule has 0 bridgehead atoms. The molecule has 10 heteroatoms. The molecule has 0 unspecified atom stereocenters. The summed E-state index contributed by atoms with van der Waals surface area (Å²) in [4.78, 5) is 51.7. The lowest BCUT2D eigenvalue weighted by Gasteiger charge is -2.24. The molecule has 0 saturated heterocycles. The van der Waals surface area contributed by atoms with Gasteiger partial charge in [0, 0.05) is 37.6 Å². The lowest BCUT2D eigenvalue weighted by molar-refractivity contribution is -0.144. The van der Waals surface area contributed by atoms with Gasteiger partial charge in [-0.15, -0.1) is 0 Å². The van der Waals surface area contributed by atoms with Gasteiger partial charge in [0.15, 0.2) is 0 Å². The van der Waals surface area contributed by atoms with Crippen molar-refractivity contribution in [3.63, 3.8) is 0 Å². The molecule has 0 spiro atoms. The molecule has 0 atom stereocenters. The van der Waals surface area contributed by atoms with Crippen LogP contribution >= 0.6 is 0 Å². The fourth-order valence-corrected chi connectivity index (χ4v) is 4.36. The number of esters is 4. The number of hydrogen-bond acceptors (Lipinski definition) is 10. The second kappa shape index (κ2) is 20.5. The maximum absolute atomic E-state index is 11.9. The van der Waals surface area contributed by atoms with E-state index in [0.29, 0.717) is 52.6 Å². The highest BCUT2D eigenvalue weighted by molar-refractivity contribution is 5.74. The van der Waals surface area contributed by atoms with Gasteiger partial charge in [-0.3, -0.25) is 19.2 Å². The van der Waals surface area contributed by atoms with Gasteiger partial charge in [0.05, 0.1) is 52.1 Å². The van der Waals surface area contributed by atoms with E-state index in [-0.39, 0.29) is 49.6 Å². The normalized spacial score (nSPS) is 10.7. The van der Waals surface area contributed by atoms with Gasteiger partial charge < -0.3 is 28.7 Å². The largest absolute Gasteiger partial charge is 0.466 e. The molecule has 2 aromatic carbocycles. The second-order valence-electron chi connectivity index (χ2n) is 9.71. The van der Waals surface area contributed by atoms with Crippen molar-refractivity contribution in [2.45, 2.75) is 53.4 Å². The van der Waals surface area contributed by atoms with Crippen LogP contribution in [0.3, 0.4) is 0 Å². The van der Waals surface area contributed by atoms with E-state index in [1.807, 2.05) is 70.5 Å². The highest BCUT2D eigenvalue weighted by atomic mass is 16.5. The molecule has 2 rings (SSSR count). The van der Waals surface area contributed by atoms with E-state index in [4.69, 9.17) is 18.9 Å². The highest BCUT2D eigenvalue weighted by Crippen LogP contribution is 2.20. The summed E-state index contributed by atoms with van der Waals surface area (Å²) in [6.07, 6.45) is 4.88. The number of hydrogen-bond donors (Lipinski definition) is 0. The molecule has 0 radical (unpaired) electrons. The molecule has 2 aromatic rings. The van der Waals surface area contributed by atoms with Crippen molar-refractivity contribution in [3.8, 4) is 0 Å². The van der Waals surface area contributed by atoms with E-state index >= 15 is 0 Å². The smallest absolute Gasteiger partial charge is 0.307 e. The van der Waals surface area contributed by atoms with Gasteiger partial charge in [-0.2, -0.15) is 0 Å². The lowest BCUT2D eigenvalue weighted by Crippen LogP contribution is -2.29. The van der Waals surface area contributed by atoms with E-state index in [9.17, 15) is 19.2 Å². The Morgan fingerprint density at radius 3 is 0.955 bits per heavy atom. The first-order chi connectivity index (χ1) is 21.3. The van der Waals surface area contributed by atoms with Gasteiger partial charge in [0.2, 0.25) is 0 Å².